The number of aromatic amines is 1. The van der Waals surface area contributed by atoms with Gasteiger partial charge in [0.2, 0.25) is 5.91 Å². The van der Waals surface area contributed by atoms with E-state index in [4.69, 9.17) is 5.26 Å². The van der Waals surface area contributed by atoms with Gasteiger partial charge in [0, 0.05) is 36.7 Å². The number of allylic oxidation sites excluding steroid dienone is 2. The first-order valence-corrected chi connectivity index (χ1v) is 8.96. The minimum absolute atomic E-state index is 0. The first-order chi connectivity index (χ1) is 13.3. The predicted octanol–water partition coefficient (Wildman–Crippen LogP) is 1.03. The van der Waals surface area contributed by atoms with Crippen molar-refractivity contribution >= 4 is 17.7 Å². The quantitative estimate of drug-likeness (QED) is 0.722. The molecule has 2 heterocycles. The lowest BCUT2D eigenvalue weighted by Gasteiger charge is -2.20. The van der Waals surface area contributed by atoms with Crippen molar-refractivity contribution in [2.75, 3.05) is 0 Å². The van der Waals surface area contributed by atoms with E-state index in [0.29, 0.717) is 16.5 Å². The highest BCUT2D eigenvalue weighted by Gasteiger charge is 2.22. The van der Waals surface area contributed by atoms with Crippen molar-refractivity contribution < 1.29 is 12.0 Å². The molecule has 1 unspecified atom stereocenters. The standard InChI is InChI=1S/C21H21FN4O2.2H2/c1-11-16(21(28)26-18-6-7-24-13(3)20(11)18)9-19(27)25-12(2)15-5-4-14(10-23)8-17(15)22;;/h4-8,12,14,24H,9H2,1-3H3,(H,25,27)(H,26,28);2*1H/t12-,14?;;/m0../s1. The number of hydrogen-bond donors (Lipinski definition) is 3. The maximum absolute atomic E-state index is 14.2. The van der Waals surface area contributed by atoms with E-state index in [1.807, 2.05) is 19.9 Å². The van der Waals surface area contributed by atoms with Crippen LogP contribution in [0.5, 0.6) is 0 Å². The summed E-state index contributed by atoms with van der Waals surface area (Å²) in [6.45, 7) is 7.12. The van der Waals surface area contributed by atoms with Crippen LogP contribution in [0.15, 0.2) is 28.3 Å². The normalized spacial score (nSPS) is 19.2. The number of nitrogens with zero attached hydrogens (tertiary/aromatic N) is 1. The Bertz CT molecular complexity index is 1120. The third kappa shape index (κ3) is 3.77. The third-order valence-corrected chi connectivity index (χ3v) is 4.96. The number of carbonyl (C=O) groups is 1. The zero-order chi connectivity index (χ0) is 20.4. The van der Waals surface area contributed by atoms with Crippen molar-refractivity contribution in [3.8, 4) is 6.07 Å². The number of fused-ring (bicyclic) bond motifs is 1. The van der Waals surface area contributed by atoms with Crippen molar-refractivity contribution in [1.82, 2.24) is 15.6 Å². The van der Waals surface area contributed by atoms with Gasteiger partial charge in [-0.15, -0.1) is 0 Å². The van der Waals surface area contributed by atoms with Crippen LogP contribution in [0.3, 0.4) is 0 Å². The van der Waals surface area contributed by atoms with Crippen molar-refractivity contribution in [3.05, 3.63) is 68.6 Å². The lowest BCUT2D eigenvalue weighted by molar-refractivity contribution is -0.120. The maximum atomic E-state index is 14.2. The van der Waals surface area contributed by atoms with Crippen LogP contribution >= 0.6 is 0 Å². The summed E-state index contributed by atoms with van der Waals surface area (Å²) in [6, 6.07) is 1.37. The van der Waals surface area contributed by atoms with Crippen LogP contribution < -0.4 is 26.8 Å². The van der Waals surface area contributed by atoms with Gasteiger partial charge in [-0.2, -0.15) is 5.26 Å². The second kappa shape index (κ2) is 7.85. The van der Waals surface area contributed by atoms with E-state index in [1.54, 1.807) is 25.6 Å². The predicted molar refractivity (Wildman–Crippen MR) is 108 cm³/mol. The smallest absolute Gasteiger partial charge is 0.252 e. The SMILES string of the molecule is CC1=c2c(C)c(CC(=O)N[C@@H](C)C3=C(F)[CH]C(C#N)C=C3)c(=O)[nH]c2=C[CH]N1.[HH].[HH]. The van der Waals surface area contributed by atoms with Gasteiger partial charge in [0.1, 0.15) is 5.83 Å². The van der Waals surface area contributed by atoms with Gasteiger partial charge >= 0.3 is 0 Å². The van der Waals surface area contributed by atoms with Crippen molar-refractivity contribution in [2.24, 2.45) is 5.92 Å². The Morgan fingerprint density at radius 3 is 2.89 bits per heavy atom. The van der Waals surface area contributed by atoms with Crippen LogP contribution in [0, 0.1) is 37.1 Å². The van der Waals surface area contributed by atoms with Crippen LogP contribution in [0.1, 0.15) is 27.8 Å². The van der Waals surface area contributed by atoms with Crippen LogP contribution in [-0.2, 0) is 11.2 Å². The molecule has 0 saturated heterocycles. The zero-order valence-corrected chi connectivity index (χ0v) is 15.9. The summed E-state index contributed by atoms with van der Waals surface area (Å²) >= 11 is 0. The van der Waals surface area contributed by atoms with Crippen LogP contribution in [0.4, 0.5) is 4.39 Å². The molecular formula is C21H25FN4O2. The number of nitrogens with one attached hydrogen (secondary N) is 3. The van der Waals surface area contributed by atoms with E-state index in [-0.39, 0.29) is 20.7 Å². The molecular weight excluding hydrogens is 359 g/mol. The Hall–Kier alpha value is -3.14. The van der Waals surface area contributed by atoms with Crippen LogP contribution in [0.25, 0.3) is 11.8 Å². The van der Waals surface area contributed by atoms with E-state index in [2.05, 4.69) is 15.6 Å². The van der Waals surface area contributed by atoms with Crippen LogP contribution in [-0.4, -0.2) is 16.9 Å². The summed E-state index contributed by atoms with van der Waals surface area (Å²) in [5, 5.41) is 16.3. The van der Waals surface area contributed by atoms with Crippen LogP contribution in [0.2, 0.25) is 0 Å². The Labute approximate surface area is 165 Å². The third-order valence-electron chi connectivity index (χ3n) is 4.96. The Morgan fingerprint density at radius 2 is 2.21 bits per heavy atom. The number of carbonyl (C=O) groups excluding carboxylic acids is 1. The summed E-state index contributed by atoms with van der Waals surface area (Å²) in [6.07, 6.45) is 5.98. The fourth-order valence-corrected chi connectivity index (χ4v) is 3.49. The molecule has 2 atom stereocenters. The van der Waals surface area contributed by atoms with E-state index in [1.165, 1.54) is 12.5 Å². The molecule has 0 saturated carbocycles. The summed E-state index contributed by atoms with van der Waals surface area (Å²) in [7, 11) is 0. The van der Waals surface area contributed by atoms with Gasteiger partial charge in [-0.1, -0.05) is 12.2 Å². The number of aromatic nitrogens is 1. The van der Waals surface area contributed by atoms with Gasteiger partial charge in [0.05, 0.1) is 31.0 Å². The zero-order valence-electron chi connectivity index (χ0n) is 15.9. The molecule has 148 valence electrons. The number of pyridine rings is 1. The highest BCUT2D eigenvalue weighted by atomic mass is 19.1. The average Bonchev–Trinajstić information content (AvgIpc) is 2.64. The summed E-state index contributed by atoms with van der Waals surface area (Å²) < 4.78 is 14.2. The number of H-pyrrole nitrogens is 1. The fraction of sp³-hybridized carbons (Fsp3) is 0.286. The Morgan fingerprint density at radius 1 is 1.46 bits per heavy atom. The van der Waals surface area contributed by atoms with Crippen molar-refractivity contribution in [3.63, 3.8) is 0 Å². The maximum Gasteiger partial charge on any atom is 0.252 e. The Balaban J connectivity index is 0.00000225. The number of nitriles is 1. The highest BCUT2D eigenvalue weighted by molar-refractivity contribution is 5.79. The van der Waals surface area contributed by atoms with E-state index in [0.717, 1.165) is 16.5 Å². The molecule has 0 spiro atoms. The Kier molecular flexibility index (Phi) is 5.50. The number of hydrogen-bond acceptors (Lipinski definition) is 4. The van der Waals surface area contributed by atoms with Gasteiger partial charge in [0.15, 0.2) is 0 Å². The molecule has 28 heavy (non-hydrogen) atoms. The molecule has 1 aromatic rings. The largest absolute Gasteiger partial charge is 0.379 e. The minimum Gasteiger partial charge on any atom is -0.379 e. The average molecular weight is 384 g/mol. The molecule has 0 bridgehead atoms. The van der Waals surface area contributed by atoms with E-state index < -0.39 is 17.8 Å². The highest BCUT2D eigenvalue weighted by Crippen LogP contribution is 2.25. The van der Waals surface area contributed by atoms with Gasteiger partial charge < -0.3 is 15.6 Å². The second-order valence-electron chi connectivity index (χ2n) is 6.90. The van der Waals surface area contributed by atoms with Gasteiger partial charge in [0.25, 0.3) is 5.56 Å². The van der Waals surface area contributed by atoms with E-state index >= 15 is 0 Å². The summed E-state index contributed by atoms with van der Waals surface area (Å²) in [5.74, 6) is -1.51. The molecule has 1 aromatic heterocycles. The summed E-state index contributed by atoms with van der Waals surface area (Å²) in [5.41, 5.74) is 2.00. The van der Waals surface area contributed by atoms with Gasteiger partial charge in [-0.25, -0.2) is 4.39 Å². The molecule has 0 aromatic carbocycles. The molecule has 3 N–H and O–H groups in total. The fourth-order valence-electron chi connectivity index (χ4n) is 3.49. The summed E-state index contributed by atoms with van der Waals surface area (Å²) in [4.78, 5) is 27.8. The number of rotatable bonds is 4. The topological polar surface area (TPSA) is 97.8 Å². The molecule has 2 aliphatic rings. The number of halogens is 1. The molecule has 1 aliphatic heterocycles. The lowest BCUT2D eigenvalue weighted by Crippen LogP contribution is -2.45. The first kappa shape index (κ1) is 19.6. The minimum atomic E-state index is -0.606. The van der Waals surface area contributed by atoms with Crippen molar-refractivity contribution in [2.45, 2.75) is 33.2 Å². The second-order valence-corrected chi connectivity index (χ2v) is 6.90. The van der Waals surface area contributed by atoms with E-state index in [9.17, 15) is 14.0 Å². The number of amides is 1. The first-order valence-electron chi connectivity index (χ1n) is 8.96. The molecule has 6 nitrogen and oxygen atoms in total. The molecule has 7 heteroatoms. The molecule has 0 fully saturated rings. The molecule has 1 aliphatic carbocycles. The van der Waals surface area contributed by atoms with Crippen molar-refractivity contribution in [1.29, 1.82) is 5.26 Å². The molecule has 2 radical (unpaired) electrons. The van der Waals surface area contributed by atoms with Gasteiger partial charge in [-0.3, -0.25) is 9.59 Å². The van der Waals surface area contributed by atoms with Gasteiger partial charge in [-0.05, 0) is 32.4 Å². The lowest BCUT2D eigenvalue weighted by atomic mass is 9.93. The molecule has 1 amide bonds. The molecule has 3 rings (SSSR count). The monoisotopic (exact) mass is 384 g/mol.